The van der Waals surface area contributed by atoms with Gasteiger partial charge in [-0.15, -0.1) is 11.3 Å². The smallest absolute Gasteiger partial charge is 0.341 e. The molecule has 2 heterocycles. The maximum absolute atomic E-state index is 12.3. The van der Waals surface area contributed by atoms with Crippen molar-refractivity contribution in [1.82, 2.24) is 5.32 Å². The molecule has 0 saturated carbocycles. The zero-order valence-electron chi connectivity index (χ0n) is 14.0. The van der Waals surface area contributed by atoms with Gasteiger partial charge in [0.2, 0.25) is 0 Å². The van der Waals surface area contributed by atoms with Crippen LogP contribution in [0.5, 0.6) is 0 Å². The van der Waals surface area contributed by atoms with Crippen molar-refractivity contribution in [3.05, 3.63) is 16.0 Å². The molecular weight excluding hydrogens is 314 g/mol. The predicted molar refractivity (Wildman–Crippen MR) is 90.9 cm³/mol. The van der Waals surface area contributed by atoms with Gasteiger partial charge in [0.05, 0.1) is 19.7 Å². The number of hydrogen-bond donors (Lipinski definition) is 3. The molecule has 0 bridgehead atoms. The second-order valence-electron chi connectivity index (χ2n) is 6.08. The second kappa shape index (κ2) is 7.79. The van der Waals surface area contributed by atoms with E-state index < -0.39 is 5.97 Å². The second-order valence-corrected chi connectivity index (χ2v) is 7.13. The van der Waals surface area contributed by atoms with Crippen LogP contribution in [-0.4, -0.2) is 38.6 Å². The van der Waals surface area contributed by atoms with Gasteiger partial charge in [-0.25, -0.2) is 4.79 Å². The molecule has 1 aliphatic rings. The van der Waals surface area contributed by atoms with Crippen LogP contribution in [0.2, 0.25) is 0 Å². The summed E-state index contributed by atoms with van der Waals surface area (Å²) in [5, 5.41) is 3.00. The van der Waals surface area contributed by atoms with Crippen molar-refractivity contribution in [2.24, 2.45) is 5.92 Å². The number of rotatable bonds is 5. The minimum absolute atomic E-state index is 0.197. The number of hydrogen-bond acceptors (Lipinski definition) is 5. The number of ether oxygens (including phenoxy) is 1. The third-order valence-electron chi connectivity index (χ3n) is 4.24. The highest BCUT2D eigenvalue weighted by molar-refractivity contribution is 7.18. The highest BCUT2D eigenvalue weighted by Gasteiger charge is 2.30. The van der Waals surface area contributed by atoms with Crippen LogP contribution >= 0.6 is 11.3 Å². The molecule has 0 aromatic carbocycles. The van der Waals surface area contributed by atoms with E-state index in [1.54, 1.807) is 14.0 Å². The standard InChI is InChI=1S/C16H25N3O3S/c1-4-22-16(21)12-11(9-19-7-5-6-10(2)8-19)13(15(20)18-3)23-14(12)17/h10H,4-9,17H2,1-3H3,(H,18,20)/p+1/t10-/m1/s1. The van der Waals surface area contributed by atoms with Crippen LogP contribution in [-0.2, 0) is 11.3 Å². The lowest BCUT2D eigenvalue weighted by molar-refractivity contribution is -0.922. The molecule has 6 nitrogen and oxygen atoms in total. The first-order chi connectivity index (χ1) is 11.0. The molecule has 7 heteroatoms. The van der Waals surface area contributed by atoms with Crippen molar-refractivity contribution in [3.63, 3.8) is 0 Å². The number of esters is 1. The summed E-state index contributed by atoms with van der Waals surface area (Å²) >= 11 is 1.17. The van der Waals surface area contributed by atoms with E-state index in [0.29, 0.717) is 27.9 Å². The largest absolute Gasteiger partial charge is 0.462 e. The van der Waals surface area contributed by atoms with Gasteiger partial charge in [0.15, 0.2) is 0 Å². The SMILES string of the molecule is CCOC(=O)c1c(N)sc(C(=O)NC)c1C[NH+]1CCC[C@@H](C)C1. The minimum atomic E-state index is -0.434. The van der Waals surface area contributed by atoms with Gasteiger partial charge in [0, 0.05) is 18.5 Å². The van der Waals surface area contributed by atoms with Crippen LogP contribution in [0.25, 0.3) is 0 Å². The first kappa shape index (κ1) is 17.7. The molecule has 1 saturated heterocycles. The van der Waals surface area contributed by atoms with Crippen LogP contribution in [0.1, 0.15) is 52.3 Å². The number of nitrogens with one attached hydrogen (secondary N) is 2. The summed E-state index contributed by atoms with van der Waals surface area (Å²) in [4.78, 5) is 26.4. The lowest BCUT2D eigenvalue weighted by atomic mass is 9.99. The van der Waals surface area contributed by atoms with Crippen molar-refractivity contribution in [1.29, 1.82) is 0 Å². The van der Waals surface area contributed by atoms with Crippen molar-refractivity contribution >= 4 is 28.2 Å². The van der Waals surface area contributed by atoms with Crippen molar-refractivity contribution in [2.75, 3.05) is 32.5 Å². The molecule has 0 aliphatic carbocycles. The molecule has 1 aliphatic heterocycles. The Kier molecular flexibility index (Phi) is 6.01. The van der Waals surface area contributed by atoms with E-state index in [1.165, 1.54) is 29.1 Å². The number of thiophene rings is 1. The lowest BCUT2D eigenvalue weighted by Gasteiger charge is -2.28. The fraction of sp³-hybridized carbons (Fsp3) is 0.625. The molecule has 128 valence electrons. The van der Waals surface area contributed by atoms with E-state index in [4.69, 9.17) is 10.5 Å². The fourth-order valence-electron chi connectivity index (χ4n) is 3.19. The summed E-state index contributed by atoms with van der Waals surface area (Å²) in [7, 11) is 1.59. The fourth-order valence-corrected chi connectivity index (χ4v) is 4.21. The van der Waals surface area contributed by atoms with Crippen LogP contribution in [0.3, 0.4) is 0 Å². The third-order valence-corrected chi connectivity index (χ3v) is 5.30. The molecule has 23 heavy (non-hydrogen) atoms. The van der Waals surface area contributed by atoms with E-state index in [-0.39, 0.29) is 12.5 Å². The van der Waals surface area contributed by atoms with Gasteiger partial charge in [-0.3, -0.25) is 4.79 Å². The molecule has 1 aromatic heterocycles. The average Bonchev–Trinajstić information content (AvgIpc) is 2.83. The zero-order chi connectivity index (χ0) is 17.0. The first-order valence-corrected chi connectivity index (χ1v) is 8.93. The Labute approximate surface area is 141 Å². The van der Waals surface area contributed by atoms with E-state index in [2.05, 4.69) is 12.2 Å². The molecule has 4 N–H and O–H groups in total. The number of anilines is 1. The number of nitrogen functional groups attached to an aromatic ring is 1. The monoisotopic (exact) mass is 340 g/mol. The molecular formula is C16H26N3O3S+. The Morgan fingerprint density at radius 3 is 2.83 bits per heavy atom. The van der Waals surface area contributed by atoms with E-state index >= 15 is 0 Å². The van der Waals surface area contributed by atoms with E-state index in [9.17, 15) is 9.59 Å². The van der Waals surface area contributed by atoms with Gasteiger partial charge >= 0.3 is 5.97 Å². The van der Waals surface area contributed by atoms with Crippen LogP contribution in [0, 0.1) is 5.92 Å². The molecule has 1 fully saturated rings. The van der Waals surface area contributed by atoms with Crippen LogP contribution < -0.4 is 16.0 Å². The first-order valence-electron chi connectivity index (χ1n) is 8.11. The van der Waals surface area contributed by atoms with Gasteiger partial charge in [0.25, 0.3) is 5.91 Å². The van der Waals surface area contributed by atoms with Gasteiger partial charge < -0.3 is 20.7 Å². The summed E-state index contributed by atoms with van der Waals surface area (Å²) < 4.78 is 5.13. The number of piperidine rings is 1. The minimum Gasteiger partial charge on any atom is -0.462 e. The predicted octanol–water partition coefficient (Wildman–Crippen LogP) is 0.681. The van der Waals surface area contributed by atoms with Crippen LogP contribution in [0.4, 0.5) is 5.00 Å². The van der Waals surface area contributed by atoms with Crippen molar-refractivity contribution < 1.29 is 19.2 Å². The van der Waals surface area contributed by atoms with Gasteiger partial charge in [0.1, 0.15) is 22.0 Å². The maximum atomic E-state index is 12.3. The third kappa shape index (κ3) is 4.03. The number of carbonyl (C=O) groups is 2. The van der Waals surface area contributed by atoms with Gasteiger partial charge in [-0.1, -0.05) is 6.92 Å². The quantitative estimate of drug-likeness (QED) is 0.688. The van der Waals surface area contributed by atoms with E-state index in [0.717, 1.165) is 18.7 Å². The van der Waals surface area contributed by atoms with E-state index in [1.807, 2.05) is 0 Å². The molecule has 2 atom stereocenters. The number of quaternary nitrogens is 1. The normalized spacial score (nSPS) is 21.0. The highest BCUT2D eigenvalue weighted by Crippen LogP contribution is 2.31. The Balaban J connectivity index is 2.36. The molecule has 2 rings (SSSR count). The van der Waals surface area contributed by atoms with Gasteiger partial charge in [-0.2, -0.15) is 0 Å². The Bertz CT molecular complexity index is 585. The topological polar surface area (TPSA) is 85.9 Å². The molecule has 0 spiro atoms. The molecule has 1 unspecified atom stereocenters. The highest BCUT2D eigenvalue weighted by atomic mass is 32.1. The van der Waals surface area contributed by atoms with Crippen molar-refractivity contribution in [2.45, 2.75) is 33.2 Å². The van der Waals surface area contributed by atoms with Crippen molar-refractivity contribution in [3.8, 4) is 0 Å². The Hall–Kier alpha value is -1.60. The lowest BCUT2D eigenvalue weighted by Crippen LogP contribution is -3.12. The average molecular weight is 340 g/mol. The number of nitrogens with two attached hydrogens (primary N) is 1. The molecule has 0 radical (unpaired) electrons. The summed E-state index contributed by atoms with van der Waals surface area (Å²) in [5.41, 5.74) is 7.13. The summed E-state index contributed by atoms with van der Waals surface area (Å²) in [6, 6.07) is 0. The zero-order valence-corrected chi connectivity index (χ0v) is 14.8. The summed E-state index contributed by atoms with van der Waals surface area (Å²) in [6.45, 7) is 7.02. The van der Waals surface area contributed by atoms with Gasteiger partial charge in [-0.05, 0) is 19.8 Å². The van der Waals surface area contributed by atoms with Crippen LogP contribution in [0.15, 0.2) is 0 Å². The number of carbonyl (C=O) groups excluding carboxylic acids is 2. The summed E-state index contributed by atoms with van der Waals surface area (Å²) in [5.74, 6) is 0.0248. The Morgan fingerprint density at radius 1 is 1.48 bits per heavy atom. The Morgan fingerprint density at radius 2 is 2.22 bits per heavy atom. The number of amides is 1. The number of likely N-dealkylation sites (tertiary alicyclic amines) is 1. The maximum Gasteiger partial charge on any atom is 0.341 e. The summed E-state index contributed by atoms with van der Waals surface area (Å²) in [6.07, 6.45) is 2.41. The molecule has 1 aromatic rings. The molecule has 1 amide bonds.